The first-order valence-corrected chi connectivity index (χ1v) is 6.66. The van der Waals surface area contributed by atoms with Crippen LogP contribution in [0, 0.1) is 11.8 Å². The van der Waals surface area contributed by atoms with Crippen molar-refractivity contribution in [2.24, 2.45) is 11.8 Å². The fourth-order valence-corrected chi connectivity index (χ4v) is 2.37. The second-order valence-corrected chi connectivity index (χ2v) is 5.01. The summed E-state index contributed by atoms with van der Waals surface area (Å²) < 4.78 is 5.82. The lowest BCUT2D eigenvalue weighted by molar-refractivity contribution is -0.118. The Labute approximate surface area is 105 Å². The number of hydrogen-bond donors (Lipinski definition) is 1. The number of allylic oxidation sites excluding steroid dienone is 2. The minimum Gasteiger partial charge on any atom is -0.496 e. The highest BCUT2D eigenvalue weighted by atomic mass is 16.5. The van der Waals surface area contributed by atoms with Crippen molar-refractivity contribution in [2.75, 3.05) is 6.61 Å². The molecule has 0 radical (unpaired) electrons. The standard InChI is InChI=1S/C14H25NO2/c1-5-12-7-13(8-12)9-17-14(6-2)10(3)15-11(4)16/h12-13H,5-9H2,1-4H3,(H,15,16). The Hall–Kier alpha value is -0.990. The molecular formula is C14H25NO2. The predicted octanol–water partition coefficient (Wildman–Crippen LogP) is 3.22. The Bertz CT molecular complexity index is 291. The van der Waals surface area contributed by atoms with E-state index < -0.39 is 0 Å². The minimum absolute atomic E-state index is 0.0354. The van der Waals surface area contributed by atoms with Gasteiger partial charge in [0.25, 0.3) is 0 Å². The van der Waals surface area contributed by atoms with E-state index in [0.717, 1.165) is 30.4 Å². The zero-order valence-corrected chi connectivity index (χ0v) is 11.5. The van der Waals surface area contributed by atoms with Crippen molar-refractivity contribution in [1.82, 2.24) is 5.32 Å². The summed E-state index contributed by atoms with van der Waals surface area (Å²) in [5.41, 5.74) is 0.853. The Morgan fingerprint density at radius 3 is 2.35 bits per heavy atom. The van der Waals surface area contributed by atoms with E-state index in [2.05, 4.69) is 19.2 Å². The highest BCUT2D eigenvalue weighted by Crippen LogP contribution is 2.36. The van der Waals surface area contributed by atoms with Crippen LogP contribution in [-0.2, 0) is 9.53 Å². The Balaban J connectivity index is 2.34. The fraction of sp³-hybridized carbons (Fsp3) is 0.786. The number of amides is 1. The number of hydrogen-bond acceptors (Lipinski definition) is 2. The Morgan fingerprint density at radius 1 is 1.24 bits per heavy atom. The van der Waals surface area contributed by atoms with Gasteiger partial charge in [0.05, 0.1) is 12.3 Å². The van der Waals surface area contributed by atoms with Crippen LogP contribution < -0.4 is 5.32 Å². The van der Waals surface area contributed by atoms with Crippen molar-refractivity contribution >= 4 is 5.91 Å². The first-order valence-electron chi connectivity index (χ1n) is 6.66. The van der Waals surface area contributed by atoms with E-state index >= 15 is 0 Å². The minimum atomic E-state index is -0.0354. The van der Waals surface area contributed by atoms with Crippen molar-refractivity contribution in [3.63, 3.8) is 0 Å². The first-order chi connectivity index (χ1) is 8.06. The summed E-state index contributed by atoms with van der Waals surface area (Å²) in [4.78, 5) is 11.0. The summed E-state index contributed by atoms with van der Waals surface area (Å²) in [5.74, 6) is 2.51. The molecule has 98 valence electrons. The summed E-state index contributed by atoms with van der Waals surface area (Å²) in [5, 5.41) is 2.79. The molecule has 1 rings (SSSR count). The quantitative estimate of drug-likeness (QED) is 0.723. The molecule has 0 saturated heterocycles. The van der Waals surface area contributed by atoms with Crippen molar-refractivity contribution in [3.8, 4) is 0 Å². The lowest BCUT2D eigenvalue weighted by atomic mass is 9.74. The average Bonchev–Trinajstić information content (AvgIpc) is 2.20. The van der Waals surface area contributed by atoms with Crippen LogP contribution in [0.15, 0.2) is 11.5 Å². The molecule has 0 aliphatic heterocycles. The molecule has 1 fully saturated rings. The third-order valence-corrected chi connectivity index (χ3v) is 3.51. The van der Waals surface area contributed by atoms with Gasteiger partial charge in [-0.25, -0.2) is 0 Å². The van der Waals surface area contributed by atoms with E-state index in [4.69, 9.17) is 4.74 Å². The normalized spacial score (nSPS) is 24.7. The smallest absolute Gasteiger partial charge is 0.221 e. The summed E-state index contributed by atoms with van der Waals surface area (Å²) in [7, 11) is 0. The van der Waals surface area contributed by atoms with Gasteiger partial charge in [0.1, 0.15) is 5.76 Å². The molecule has 0 unspecified atom stereocenters. The summed E-state index contributed by atoms with van der Waals surface area (Å²) in [6.07, 6.45) is 4.72. The van der Waals surface area contributed by atoms with Gasteiger partial charge in [-0.2, -0.15) is 0 Å². The van der Waals surface area contributed by atoms with E-state index in [1.807, 2.05) is 6.92 Å². The molecule has 0 aromatic heterocycles. The molecule has 0 atom stereocenters. The van der Waals surface area contributed by atoms with Gasteiger partial charge in [0.15, 0.2) is 0 Å². The molecule has 1 aliphatic carbocycles. The molecule has 3 heteroatoms. The third-order valence-electron chi connectivity index (χ3n) is 3.51. The molecule has 0 bridgehead atoms. The monoisotopic (exact) mass is 239 g/mol. The van der Waals surface area contributed by atoms with Gasteiger partial charge >= 0.3 is 0 Å². The van der Waals surface area contributed by atoms with Crippen molar-refractivity contribution in [3.05, 3.63) is 11.5 Å². The number of nitrogens with one attached hydrogen (secondary N) is 1. The molecular weight excluding hydrogens is 214 g/mol. The number of rotatable bonds is 6. The van der Waals surface area contributed by atoms with Crippen molar-refractivity contribution in [2.45, 2.75) is 53.4 Å². The molecule has 0 aromatic rings. The average molecular weight is 239 g/mol. The topological polar surface area (TPSA) is 38.3 Å². The first kappa shape index (κ1) is 14.1. The van der Waals surface area contributed by atoms with Crippen molar-refractivity contribution in [1.29, 1.82) is 0 Å². The second kappa shape index (κ2) is 6.67. The van der Waals surface area contributed by atoms with E-state index in [9.17, 15) is 4.79 Å². The van der Waals surface area contributed by atoms with Crippen LogP contribution in [0.3, 0.4) is 0 Å². The second-order valence-electron chi connectivity index (χ2n) is 5.01. The zero-order valence-electron chi connectivity index (χ0n) is 11.5. The predicted molar refractivity (Wildman–Crippen MR) is 69.3 cm³/mol. The Kier molecular flexibility index (Phi) is 5.52. The van der Waals surface area contributed by atoms with E-state index in [1.54, 1.807) is 0 Å². The lowest BCUT2D eigenvalue weighted by Gasteiger charge is -2.34. The van der Waals surface area contributed by atoms with Crippen LogP contribution in [0.4, 0.5) is 0 Å². The van der Waals surface area contributed by atoms with E-state index in [0.29, 0.717) is 5.92 Å². The van der Waals surface area contributed by atoms with Gasteiger partial charge in [-0.3, -0.25) is 4.79 Å². The SMILES string of the molecule is CCC(OCC1CC(CC)C1)=C(C)NC(C)=O. The Morgan fingerprint density at radius 2 is 1.88 bits per heavy atom. The number of ether oxygens (including phenoxy) is 1. The van der Waals surface area contributed by atoms with Gasteiger partial charge < -0.3 is 10.1 Å². The maximum atomic E-state index is 11.0. The van der Waals surface area contributed by atoms with Crippen molar-refractivity contribution < 1.29 is 9.53 Å². The zero-order chi connectivity index (χ0) is 12.8. The van der Waals surface area contributed by atoms with Gasteiger partial charge in [-0.1, -0.05) is 20.3 Å². The molecule has 1 saturated carbocycles. The van der Waals surface area contributed by atoms with Gasteiger partial charge in [0, 0.05) is 13.3 Å². The van der Waals surface area contributed by atoms with Crippen LogP contribution in [0.5, 0.6) is 0 Å². The molecule has 0 aromatic carbocycles. The number of carbonyl (C=O) groups excluding carboxylic acids is 1. The molecule has 3 nitrogen and oxygen atoms in total. The van der Waals surface area contributed by atoms with Gasteiger partial charge in [-0.05, 0) is 31.6 Å². The molecule has 0 heterocycles. The number of carbonyl (C=O) groups is 1. The lowest BCUT2D eigenvalue weighted by Crippen LogP contribution is -2.27. The fourth-order valence-electron chi connectivity index (χ4n) is 2.37. The molecule has 1 N–H and O–H groups in total. The largest absolute Gasteiger partial charge is 0.496 e. The van der Waals surface area contributed by atoms with E-state index in [1.165, 1.54) is 26.2 Å². The highest BCUT2D eigenvalue weighted by molar-refractivity contribution is 5.74. The maximum absolute atomic E-state index is 11.0. The van der Waals surface area contributed by atoms with Crippen LogP contribution in [-0.4, -0.2) is 12.5 Å². The highest BCUT2D eigenvalue weighted by Gasteiger charge is 2.28. The van der Waals surface area contributed by atoms with Crippen LogP contribution in [0.1, 0.15) is 53.4 Å². The summed E-state index contributed by atoms with van der Waals surface area (Å²) >= 11 is 0. The summed E-state index contributed by atoms with van der Waals surface area (Å²) in [6.45, 7) is 8.53. The summed E-state index contributed by atoms with van der Waals surface area (Å²) in [6, 6.07) is 0. The van der Waals surface area contributed by atoms with Gasteiger partial charge in [-0.15, -0.1) is 0 Å². The third kappa shape index (κ3) is 4.41. The molecule has 1 aliphatic rings. The van der Waals surface area contributed by atoms with E-state index in [-0.39, 0.29) is 5.91 Å². The molecule has 1 amide bonds. The van der Waals surface area contributed by atoms with Gasteiger partial charge in [0.2, 0.25) is 5.91 Å². The molecule has 0 spiro atoms. The van der Waals surface area contributed by atoms with Crippen LogP contribution >= 0.6 is 0 Å². The molecule has 17 heavy (non-hydrogen) atoms. The van der Waals surface area contributed by atoms with Crippen LogP contribution in [0.2, 0.25) is 0 Å². The maximum Gasteiger partial charge on any atom is 0.221 e. The van der Waals surface area contributed by atoms with Crippen LogP contribution in [0.25, 0.3) is 0 Å².